The Kier molecular flexibility index (Phi) is 7.99. The summed E-state index contributed by atoms with van der Waals surface area (Å²) in [6.45, 7) is 2.40. The van der Waals surface area contributed by atoms with Gasteiger partial charge in [0, 0.05) is 10.0 Å². The van der Waals surface area contributed by atoms with E-state index in [1.54, 1.807) is 42.5 Å². The van der Waals surface area contributed by atoms with Gasteiger partial charge in [0.2, 0.25) is 0 Å². The number of rotatable bonds is 7. The van der Waals surface area contributed by atoms with Gasteiger partial charge in [-0.3, -0.25) is 9.69 Å². The Bertz CT molecular complexity index is 1340. The molecule has 1 amide bonds. The third-order valence-electron chi connectivity index (χ3n) is 4.76. The largest absolute Gasteiger partial charge is 0.506 e. The molecular formula is C24H19Br2N3O5S. The first-order chi connectivity index (χ1) is 16.9. The molecule has 0 radical (unpaired) electrons. The van der Waals surface area contributed by atoms with Gasteiger partial charge in [0.1, 0.15) is 11.5 Å². The molecule has 8 nitrogen and oxygen atoms in total. The molecule has 35 heavy (non-hydrogen) atoms. The number of phenolic OH excluding ortho intramolecular Hbond substituents is 2. The SMILES string of the molecule is CCOc1cc(/C=C2\S/C(=N/N=C\c3cc(Br)cc(Br)c3O)N(Cc3ccco3)C2=O)ccc1O. The van der Waals surface area contributed by atoms with E-state index in [4.69, 9.17) is 9.15 Å². The highest BCUT2D eigenvalue weighted by Gasteiger charge is 2.34. The first-order valence-corrected chi connectivity index (χ1v) is 12.7. The molecule has 0 spiro atoms. The van der Waals surface area contributed by atoms with Gasteiger partial charge in [-0.2, -0.15) is 5.10 Å². The van der Waals surface area contributed by atoms with Crippen LogP contribution in [-0.2, 0) is 11.3 Å². The smallest absolute Gasteiger partial charge is 0.267 e. The Hall–Kier alpha value is -3.02. The molecule has 11 heteroatoms. The molecule has 0 unspecified atom stereocenters. The maximum Gasteiger partial charge on any atom is 0.267 e. The molecule has 180 valence electrons. The minimum atomic E-state index is -0.264. The fraction of sp³-hybridized carbons (Fsp3) is 0.125. The minimum Gasteiger partial charge on any atom is -0.506 e. The molecule has 1 aromatic heterocycles. The van der Waals surface area contributed by atoms with E-state index in [1.807, 2.05) is 6.92 Å². The van der Waals surface area contributed by atoms with Crippen LogP contribution in [0, 0.1) is 0 Å². The summed E-state index contributed by atoms with van der Waals surface area (Å²) in [7, 11) is 0. The van der Waals surface area contributed by atoms with Crippen molar-refractivity contribution in [2.24, 2.45) is 10.2 Å². The highest BCUT2D eigenvalue weighted by atomic mass is 79.9. The number of furan rings is 1. The summed E-state index contributed by atoms with van der Waals surface area (Å²) in [6.07, 6.45) is 4.64. The predicted molar refractivity (Wildman–Crippen MR) is 143 cm³/mol. The van der Waals surface area contributed by atoms with Gasteiger partial charge in [0.05, 0.1) is 35.0 Å². The second kappa shape index (κ2) is 11.1. The number of phenols is 2. The average Bonchev–Trinajstić information content (AvgIpc) is 3.43. The van der Waals surface area contributed by atoms with Crippen molar-refractivity contribution < 1.29 is 24.2 Å². The number of carbonyl (C=O) groups is 1. The lowest BCUT2D eigenvalue weighted by molar-refractivity contribution is -0.122. The zero-order valence-electron chi connectivity index (χ0n) is 18.3. The van der Waals surface area contributed by atoms with Gasteiger partial charge in [-0.05, 0) is 82.7 Å². The minimum absolute atomic E-state index is 0.0257. The van der Waals surface area contributed by atoms with E-state index in [0.717, 1.165) is 16.2 Å². The van der Waals surface area contributed by atoms with Gasteiger partial charge in [-0.15, -0.1) is 5.10 Å². The number of halogens is 2. The molecule has 4 rings (SSSR count). The molecule has 1 aliphatic heterocycles. The van der Waals surface area contributed by atoms with Crippen LogP contribution < -0.4 is 4.74 Å². The number of thioether (sulfide) groups is 1. The lowest BCUT2D eigenvalue weighted by Gasteiger charge is -2.12. The third kappa shape index (κ3) is 5.98. The Morgan fingerprint density at radius 3 is 2.77 bits per heavy atom. The zero-order chi connectivity index (χ0) is 24.9. The molecule has 0 saturated carbocycles. The molecular weight excluding hydrogens is 602 g/mol. The summed E-state index contributed by atoms with van der Waals surface area (Å²) in [5.74, 6) is 0.715. The van der Waals surface area contributed by atoms with E-state index in [9.17, 15) is 15.0 Å². The Labute approximate surface area is 222 Å². The summed E-state index contributed by atoms with van der Waals surface area (Å²) < 4.78 is 12.1. The molecule has 1 saturated heterocycles. The first-order valence-electron chi connectivity index (χ1n) is 10.3. The van der Waals surface area contributed by atoms with Gasteiger partial charge in [0.25, 0.3) is 5.91 Å². The Morgan fingerprint density at radius 1 is 1.20 bits per heavy atom. The highest BCUT2D eigenvalue weighted by molar-refractivity contribution is 9.11. The molecule has 1 aliphatic rings. The maximum atomic E-state index is 13.2. The van der Waals surface area contributed by atoms with Crippen LogP contribution in [0.4, 0.5) is 0 Å². The Balaban J connectivity index is 1.65. The number of ether oxygens (including phenoxy) is 1. The molecule has 2 N–H and O–H groups in total. The lowest BCUT2D eigenvalue weighted by atomic mass is 10.2. The quantitative estimate of drug-likeness (QED) is 0.187. The number of benzene rings is 2. The van der Waals surface area contributed by atoms with E-state index < -0.39 is 0 Å². The second-order valence-electron chi connectivity index (χ2n) is 7.19. The van der Waals surface area contributed by atoms with Crippen LogP contribution in [-0.4, -0.2) is 39.0 Å². The van der Waals surface area contributed by atoms with Gasteiger partial charge in [0.15, 0.2) is 16.7 Å². The highest BCUT2D eigenvalue weighted by Crippen LogP contribution is 2.36. The average molecular weight is 621 g/mol. The van der Waals surface area contributed by atoms with Crippen molar-refractivity contribution in [3.05, 3.63) is 79.5 Å². The molecule has 0 aliphatic carbocycles. The van der Waals surface area contributed by atoms with Crippen molar-refractivity contribution in [1.82, 2.24) is 4.90 Å². The fourth-order valence-electron chi connectivity index (χ4n) is 3.15. The van der Waals surface area contributed by atoms with Crippen LogP contribution in [0.3, 0.4) is 0 Å². The summed E-state index contributed by atoms with van der Waals surface area (Å²) in [5, 5.41) is 28.9. The molecule has 0 bridgehead atoms. The summed E-state index contributed by atoms with van der Waals surface area (Å²) in [6, 6.07) is 11.8. The van der Waals surface area contributed by atoms with E-state index in [1.165, 1.54) is 23.4 Å². The number of nitrogens with zero attached hydrogens (tertiary/aromatic N) is 3. The van der Waals surface area contributed by atoms with Crippen LogP contribution in [0.25, 0.3) is 6.08 Å². The number of carbonyl (C=O) groups excluding carboxylic acids is 1. The molecule has 3 aromatic rings. The van der Waals surface area contributed by atoms with Crippen LogP contribution in [0.5, 0.6) is 17.2 Å². The lowest BCUT2D eigenvalue weighted by Crippen LogP contribution is -2.28. The van der Waals surface area contributed by atoms with E-state index >= 15 is 0 Å². The van der Waals surface area contributed by atoms with Crippen LogP contribution in [0.2, 0.25) is 0 Å². The normalized spacial score (nSPS) is 16.2. The predicted octanol–water partition coefficient (Wildman–Crippen LogP) is 6.12. The fourth-order valence-corrected chi connectivity index (χ4v) is 5.34. The number of amidine groups is 1. The Morgan fingerprint density at radius 2 is 2.03 bits per heavy atom. The first kappa shape index (κ1) is 25.1. The van der Waals surface area contributed by atoms with Crippen LogP contribution >= 0.6 is 43.6 Å². The van der Waals surface area contributed by atoms with Crippen molar-refractivity contribution in [1.29, 1.82) is 0 Å². The van der Waals surface area contributed by atoms with Crippen LogP contribution in [0.15, 0.2) is 77.2 Å². The van der Waals surface area contributed by atoms with Crippen LogP contribution in [0.1, 0.15) is 23.8 Å². The number of amides is 1. The number of hydrogen-bond acceptors (Lipinski definition) is 8. The van der Waals surface area contributed by atoms with Crippen molar-refractivity contribution in [3.63, 3.8) is 0 Å². The molecule has 2 aromatic carbocycles. The molecule has 2 heterocycles. The van der Waals surface area contributed by atoms with Gasteiger partial charge < -0.3 is 19.4 Å². The van der Waals surface area contributed by atoms with Gasteiger partial charge in [-0.1, -0.05) is 22.0 Å². The zero-order valence-corrected chi connectivity index (χ0v) is 22.3. The van der Waals surface area contributed by atoms with Crippen molar-refractivity contribution in [3.8, 4) is 17.2 Å². The van der Waals surface area contributed by atoms with Crippen molar-refractivity contribution in [2.45, 2.75) is 13.5 Å². The maximum absolute atomic E-state index is 13.2. The number of aromatic hydroxyl groups is 2. The topological polar surface area (TPSA) is 108 Å². The van der Waals surface area contributed by atoms with Crippen molar-refractivity contribution in [2.75, 3.05) is 6.61 Å². The molecule has 0 atom stereocenters. The summed E-state index contributed by atoms with van der Waals surface area (Å²) >= 11 is 7.82. The van der Waals surface area contributed by atoms with Gasteiger partial charge >= 0.3 is 0 Å². The number of hydrogen-bond donors (Lipinski definition) is 2. The van der Waals surface area contributed by atoms with E-state index in [0.29, 0.717) is 43.8 Å². The standard InChI is InChI=1S/C24H19Br2N3O5S/c1-2-33-20-8-14(5-6-19(20)30)9-21-23(32)29(13-17-4-3-7-34-17)24(35-21)28-27-12-15-10-16(25)11-18(26)22(15)31/h3-12,30-31H,2,13H2,1H3/b21-9-,27-12-,28-24+. The van der Waals surface area contributed by atoms with E-state index in [2.05, 4.69) is 42.1 Å². The second-order valence-corrected chi connectivity index (χ2v) is 9.97. The molecule has 1 fully saturated rings. The van der Waals surface area contributed by atoms with E-state index in [-0.39, 0.29) is 24.0 Å². The summed E-state index contributed by atoms with van der Waals surface area (Å²) in [5.41, 5.74) is 1.14. The third-order valence-corrected chi connectivity index (χ3v) is 6.82. The van der Waals surface area contributed by atoms with Crippen molar-refractivity contribution >= 4 is 67.0 Å². The van der Waals surface area contributed by atoms with Gasteiger partial charge in [-0.25, -0.2) is 0 Å². The summed E-state index contributed by atoms with van der Waals surface area (Å²) in [4.78, 5) is 15.1. The monoisotopic (exact) mass is 619 g/mol.